The summed E-state index contributed by atoms with van der Waals surface area (Å²) >= 11 is 1.36. The lowest BCUT2D eigenvalue weighted by atomic mass is 10.1. The third-order valence-corrected chi connectivity index (χ3v) is 3.35. The molecule has 4 nitrogen and oxygen atoms in total. The number of nitrogen functional groups attached to an aromatic ring is 1. The van der Waals surface area contributed by atoms with Crippen molar-refractivity contribution in [3.8, 4) is 0 Å². The van der Waals surface area contributed by atoms with Gasteiger partial charge in [0, 0.05) is 0 Å². The number of aryl methyl sites for hydroxylation is 2. The number of fused-ring (bicyclic) bond motifs is 1. The van der Waals surface area contributed by atoms with Crippen LogP contribution in [0.4, 0.5) is 0 Å². The summed E-state index contributed by atoms with van der Waals surface area (Å²) < 4.78 is 1.04. The van der Waals surface area contributed by atoms with Crippen LogP contribution >= 0.6 is 11.3 Å². The molecule has 0 radical (unpaired) electrons. The van der Waals surface area contributed by atoms with Gasteiger partial charge in [-0.05, 0) is 31.0 Å². The number of nitrogens with two attached hydrogens (primary N) is 1. The van der Waals surface area contributed by atoms with Crippen molar-refractivity contribution in [2.24, 2.45) is 5.84 Å². The zero-order chi connectivity index (χ0) is 11.0. The molecule has 1 aromatic carbocycles. The maximum atomic E-state index is 11.3. The Morgan fingerprint density at radius 1 is 1.47 bits per heavy atom. The molecule has 2 aromatic rings. The van der Waals surface area contributed by atoms with E-state index < -0.39 is 0 Å². The van der Waals surface area contributed by atoms with Gasteiger partial charge in [0.05, 0.1) is 10.2 Å². The summed E-state index contributed by atoms with van der Waals surface area (Å²) in [5.74, 6) is 4.72. The van der Waals surface area contributed by atoms with Crippen molar-refractivity contribution in [1.82, 2.24) is 10.4 Å². The predicted molar refractivity (Wildman–Crippen MR) is 60.7 cm³/mol. The van der Waals surface area contributed by atoms with Crippen LogP contribution < -0.4 is 11.3 Å². The second-order valence-electron chi connectivity index (χ2n) is 3.42. The Hall–Kier alpha value is -1.46. The minimum atomic E-state index is -0.340. The maximum absolute atomic E-state index is 11.3. The molecule has 1 amide bonds. The van der Waals surface area contributed by atoms with E-state index in [1.165, 1.54) is 11.3 Å². The van der Waals surface area contributed by atoms with Gasteiger partial charge in [-0.1, -0.05) is 6.07 Å². The van der Waals surface area contributed by atoms with Crippen molar-refractivity contribution in [3.63, 3.8) is 0 Å². The molecule has 0 bridgehead atoms. The lowest BCUT2D eigenvalue weighted by Gasteiger charge is -1.95. The van der Waals surface area contributed by atoms with E-state index in [1.54, 1.807) is 0 Å². The number of aromatic nitrogens is 1. The number of hydrogen-bond acceptors (Lipinski definition) is 4. The van der Waals surface area contributed by atoms with Crippen molar-refractivity contribution >= 4 is 27.5 Å². The first kappa shape index (κ1) is 10.1. The zero-order valence-electron chi connectivity index (χ0n) is 8.50. The fraction of sp³-hybridized carbons (Fsp3) is 0.200. The Balaban J connectivity index is 2.65. The fourth-order valence-electron chi connectivity index (χ4n) is 1.54. The van der Waals surface area contributed by atoms with Crippen molar-refractivity contribution in [1.29, 1.82) is 0 Å². The second kappa shape index (κ2) is 3.60. The molecule has 78 valence electrons. The third kappa shape index (κ3) is 1.71. The standard InChI is InChI=1S/C10H11N3OS/c1-5-3-6(2)8-7(4-5)12-10(15-8)9(14)13-11/h3-4H,11H2,1-2H3,(H,13,14). The fourth-order valence-corrected chi connectivity index (χ4v) is 2.45. The molecule has 15 heavy (non-hydrogen) atoms. The van der Waals surface area contributed by atoms with E-state index in [0.29, 0.717) is 5.01 Å². The molecule has 0 atom stereocenters. The number of amides is 1. The summed E-state index contributed by atoms with van der Waals surface area (Å²) in [5, 5.41) is 0.404. The smallest absolute Gasteiger partial charge is 0.288 e. The van der Waals surface area contributed by atoms with Crippen LogP contribution in [0.15, 0.2) is 12.1 Å². The van der Waals surface area contributed by atoms with Gasteiger partial charge in [-0.25, -0.2) is 10.8 Å². The van der Waals surface area contributed by atoms with E-state index in [4.69, 9.17) is 5.84 Å². The Morgan fingerprint density at radius 3 is 2.87 bits per heavy atom. The number of carbonyl (C=O) groups excluding carboxylic acids is 1. The summed E-state index contributed by atoms with van der Waals surface area (Å²) in [6.07, 6.45) is 0. The predicted octanol–water partition coefficient (Wildman–Crippen LogP) is 1.52. The second-order valence-corrected chi connectivity index (χ2v) is 4.42. The zero-order valence-corrected chi connectivity index (χ0v) is 9.31. The van der Waals surface area contributed by atoms with E-state index in [0.717, 1.165) is 21.3 Å². The first-order valence-corrected chi connectivity index (χ1v) is 5.32. The highest BCUT2D eigenvalue weighted by molar-refractivity contribution is 7.20. The van der Waals surface area contributed by atoms with Gasteiger partial charge in [0.25, 0.3) is 5.91 Å². The van der Waals surface area contributed by atoms with Crippen molar-refractivity contribution < 1.29 is 4.79 Å². The molecule has 5 heteroatoms. The third-order valence-electron chi connectivity index (χ3n) is 2.15. The van der Waals surface area contributed by atoms with Crippen LogP contribution in [0, 0.1) is 13.8 Å². The molecule has 0 aliphatic heterocycles. The number of rotatable bonds is 1. The molecular weight excluding hydrogens is 210 g/mol. The number of thiazole rings is 1. The van der Waals surface area contributed by atoms with E-state index >= 15 is 0 Å². The monoisotopic (exact) mass is 221 g/mol. The van der Waals surface area contributed by atoms with Crippen LogP contribution in [0.5, 0.6) is 0 Å². The normalized spacial score (nSPS) is 10.6. The Kier molecular flexibility index (Phi) is 2.42. The number of hydrogen-bond donors (Lipinski definition) is 2. The minimum Gasteiger partial charge on any atom is -0.288 e. The Bertz CT molecular complexity index is 533. The molecule has 1 aromatic heterocycles. The van der Waals surface area contributed by atoms with Crippen LogP contribution in [0.2, 0.25) is 0 Å². The topological polar surface area (TPSA) is 68.0 Å². The van der Waals surface area contributed by atoms with Crippen molar-refractivity contribution in [2.75, 3.05) is 0 Å². The van der Waals surface area contributed by atoms with Gasteiger partial charge in [-0.3, -0.25) is 10.2 Å². The molecule has 0 spiro atoms. The van der Waals surface area contributed by atoms with Crippen molar-refractivity contribution in [2.45, 2.75) is 13.8 Å². The highest BCUT2D eigenvalue weighted by Gasteiger charge is 2.12. The highest BCUT2D eigenvalue weighted by Crippen LogP contribution is 2.26. The maximum Gasteiger partial charge on any atom is 0.294 e. The largest absolute Gasteiger partial charge is 0.294 e. The van der Waals surface area contributed by atoms with Crippen LogP contribution in [-0.4, -0.2) is 10.9 Å². The number of hydrazine groups is 1. The molecule has 0 unspecified atom stereocenters. The molecule has 0 aliphatic carbocycles. The van der Waals surface area contributed by atoms with Crippen LogP contribution in [0.25, 0.3) is 10.2 Å². The number of nitrogens with zero attached hydrogens (tertiary/aromatic N) is 1. The molecule has 2 rings (SSSR count). The molecular formula is C10H11N3OS. The summed E-state index contributed by atoms with van der Waals surface area (Å²) in [4.78, 5) is 15.5. The van der Waals surface area contributed by atoms with Crippen LogP contribution in [0.3, 0.4) is 0 Å². The van der Waals surface area contributed by atoms with Gasteiger partial charge < -0.3 is 0 Å². The van der Waals surface area contributed by atoms with Crippen molar-refractivity contribution in [3.05, 3.63) is 28.3 Å². The number of benzene rings is 1. The molecule has 1 heterocycles. The van der Waals surface area contributed by atoms with Gasteiger partial charge >= 0.3 is 0 Å². The summed E-state index contributed by atoms with van der Waals surface area (Å²) in [5.41, 5.74) is 5.22. The average Bonchev–Trinajstić information content (AvgIpc) is 2.60. The molecule has 0 saturated carbocycles. The Morgan fingerprint density at radius 2 is 2.20 bits per heavy atom. The van der Waals surface area contributed by atoms with Gasteiger partial charge in [0.15, 0.2) is 5.01 Å². The molecule has 0 fully saturated rings. The van der Waals surface area contributed by atoms with E-state index in [2.05, 4.69) is 16.5 Å². The molecule has 0 aliphatic rings. The lowest BCUT2D eigenvalue weighted by molar-refractivity contribution is 0.0953. The molecule has 3 N–H and O–H groups in total. The van der Waals surface area contributed by atoms with E-state index in [9.17, 15) is 4.79 Å². The van der Waals surface area contributed by atoms with E-state index in [-0.39, 0.29) is 5.91 Å². The SMILES string of the molecule is Cc1cc(C)c2sc(C(=O)NN)nc2c1. The summed E-state index contributed by atoms with van der Waals surface area (Å²) in [7, 11) is 0. The average molecular weight is 221 g/mol. The molecule has 0 saturated heterocycles. The van der Waals surface area contributed by atoms with Crippen LogP contribution in [-0.2, 0) is 0 Å². The summed E-state index contributed by atoms with van der Waals surface area (Å²) in [6.45, 7) is 4.02. The minimum absolute atomic E-state index is 0.340. The first-order valence-electron chi connectivity index (χ1n) is 4.50. The Labute approximate surface area is 91.1 Å². The van der Waals surface area contributed by atoms with Gasteiger partial charge in [0.1, 0.15) is 0 Å². The lowest BCUT2D eigenvalue weighted by Crippen LogP contribution is -2.29. The van der Waals surface area contributed by atoms with Gasteiger partial charge in [-0.2, -0.15) is 0 Å². The first-order chi connectivity index (χ1) is 7.11. The number of carbonyl (C=O) groups is 1. The van der Waals surface area contributed by atoms with Gasteiger partial charge in [-0.15, -0.1) is 11.3 Å². The van der Waals surface area contributed by atoms with E-state index in [1.807, 2.05) is 19.9 Å². The van der Waals surface area contributed by atoms with Crippen LogP contribution in [0.1, 0.15) is 20.9 Å². The number of nitrogens with one attached hydrogen (secondary N) is 1. The highest BCUT2D eigenvalue weighted by atomic mass is 32.1. The van der Waals surface area contributed by atoms with Gasteiger partial charge in [0.2, 0.25) is 0 Å². The quantitative estimate of drug-likeness (QED) is 0.436. The summed E-state index contributed by atoms with van der Waals surface area (Å²) in [6, 6.07) is 4.04.